The summed E-state index contributed by atoms with van der Waals surface area (Å²) in [7, 11) is 0.227. The predicted octanol–water partition coefficient (Wildman–Crippen LogP) is 3.57. The van der Waals surface area contributed by atoms with E-state index in [1.165, 1.54) is 5.56 Å². The second-order valence-electron chi connectivity index (χ2n) is 7.07. The summed E-state index contributed by atoms with van der Waals surface area (Å²) in [6.45, 7) is 4.34. The molecular weight excluding hydrogens is 400 g/mol. The molecule has 6 nitrogen and oxygen atoms in total. The van der Waals surface area contributed by atoms with Crippen LogP contribution < -0.4 is 10.1 Å². The summed E-state index contributed by atoms with van der Waals surface area (Å²) < 4.78 is 23.4. The smallest absolute Gasteiger partial charge is 0.232 e. The van der Waals surface area contributed by atoms with Crippen LogP contribution in [0.5, 0.6) is 5.75 Å². The minimum Gasteiger partial charge on any atom is -0.497 e. The Bertz CT molecular complexity index is 1030. The molecule has 0 aliphatic heterocycles. The van der Waals surface area contributed by atoms with E-state index in [1.54, 1.807) is 14.0 Å². The van der Waals surface area contributed by atoms with Crippen LogP contribution in [0.15, 0.2) is 52.9 Å². The molecule has 2 aromatic carbocycles. The Morgan fingerprint density at radius 1 is 1.17 bits per heavy atom. The molecular formula is C23H26N2O4S. The molecule has 1 N–H and O–H groups in total. The average molecular weight is 427 g/mol. The number of oxazole rings is 1. The molecule has 1 heterocycles. The van der Waals surface area contributed by atoms with E-state index in [-0.39, 0.29) is 17.4 Å². The van der Waals surface area contributed by atoms with Gasteiger partial charge in [-0.05, 0) is 44.0 Å². The lowest BCUT2D eigenvalue weighted by molar-refractivity contribution is -0.118. The van der Waals surface area contributed by atoms with Crippen LogP contribution in [0, 0.1) is 13.8 Å². The van der Waals surface area contributed by atoms with Crippen molar-refractivity contribution in [1.82, 2.24) is 10.3 Å². The van der Waals surface area contributed by atoms with Gasteiger partial charge in [0.1, 0.15) is 17.3 Å². The van der Waals surface area contributed by atoms with Gasteiger partial charge >= 0.3 is 0 Å². The van der Waals surface area contributed by atoms with E-state index >= 15 is 0 Å². The number of ether oxygens (including phenoxy) is 1. The largest absolute Gasteiger partial charge is 0.497 e. The maximum atomic E-state index is 12.4. The van der Waals surface area contributed by atoms with Crippen LogP contribution in [0.2, 0.25) is 0 Å². The van der Waals surface area contributed by atoms with Crippen LogP contribution in [0.25, 0.3) is 11.5 Å². The zero-order chi connectivity index (χ0) is 21.5. The number of carbonyl (C=O) groups excluding carboxylic acids is 1. The van der Waals surface area contributed by atoms with Gasteiger partial charge in [0.15, 0.2) is 0 Å². The summed E-state index contributed by atoms with van der Waals surface area (Å²) in [6, 6.07) is 15.6. The van der Waals surface area contributed by atoms with Crippen LogP contribution in [-0.2, 0) is 27.8 Å². The van der Waals surface area contributed by atoms with Crippen molar-refractivity contribution in [3.05, 3.63) is 71.1 Å². The van der Waals surface area contributed by atoms with Crippen molar-refractivity contribution in [3.63, 3.8) is 0 Å². The quantitative estimate of drug-likeness (QED) is 0.566. The number of methoxy groups -OCH3 is 1. The first-order valence-corrected chi connectivity index (χ1v) is 11.2. The van der Waals surface area contributed by atoms with Gasteiger partial charge in [0, 0.05) is 22.9 Å². The van der Waals surface area contributed by atoms with Crippen molar-refractivity contribution in [2.45, 2.75) is 26.0 Å². The van der Waals surface area contributed by atoms with E-state index in [4.69, 9.17) is 9.15 Å². The number of nitrogens with one attached hydrogen (secondary N) is 1. The molecule has 158 valence electrons. The normalized spacial score (nSPS) is 11.8. The summed E-state index contributed by atoms with van der Waals surface area (Å²) in [5.41, 5.74) is 3.74. The highest BCUT2D eigenvalue weighted by atomic mass is 32.2. The van der Waals surface area contributed by atoms with Gasteiger partial charge in [-0.25, -0.2) is 4.98 Å². The Kier molecular flexibility index (Phi) is 7.41. The highest BCUT2D eigenvalue weighted by molar-refractivity contribution is 7.84. The monoisotopic (exact) mass is 426 g/mol. The Labute approximate surface area is 179 Å². The number of hydrogen-bond donors (Lipinski definition) is 1. The van der Waals surface area contributed by atoms with Crippen LogP contribution in [-0.4, -0.2) is 34.5 Å². The van der Waals surface area contributed by atoms with E-state index < -0.39 is 10.8 Å². The van der Waals surface area contributed by atoms with E-state index in [9.17, 15) is 9.00 Å². The number of carbonyl (C=O) groups is 1. The van der Waals surface area contributed by atoms with Crippen LogP contribution in [0.4, 0.5) is 0 Å². The van der Waals surface area contributed by atoms with Gasteiger partial charge in [0.2, 0.25) is 11.8 Å². The molecule has 7 heteroatoms. The number of benzene rings is 2. The van der Waals surface area contributed by atoms with Crippen molar-refractivity contribution < 1.29 is 18.2 Å². The molecule has 0 unspecified atom stereocenters. The number of rotatable bonds is 9. The maximum Gasteiger partial charge on any atom is 0.232 e. The number of amides is 1. The van der Waals surface area contributed by atoms with Gasteiger partial charge in [-0.2, -0.15) is 0 Å². The van der Waals surface area contributed by atoms with Gasteiger partial charge in [0.05, 0.1) is 18.6 Å². The Morgan fingerprint density at radius 3 is 2.67 bits per heavy atom. The average Bonchev–Trinajstić information content (AvgIpc) is 3.09. The van der Waals surface area contributed by atoms with Crippen LogP contribution in [0.1, 0.15) is 22.6 Å². The molecule has 0 spiro atoms. The summed E-state index contributed by atoms with van der Waals surface area (Å²) in [4.78, 5) is 16.6. The van der Waals surface area contributed by atoms with Gasteiger partial charge < -0.3 is 14.5 Å². The third-order valence-corrected chi connectivity index (χ3v) is 5.84. The number of hydrogen-bond acceptors (Lipinski definition) is 5. The van der Waals surface area contributed by atoms with Gasteiger partial charge in [-0.1, -0.05) is 35.9 Å². The number of nitrogens with zero attached hydrogens (tertiary/aromatic N) is 1. The van der Waals surface area contributed by atoms with Gasteiger partial charge in [0.25, 0.3) is 0 Å². The molecule has 3 aromatic rings. The molecule has 3 rings (SSSR count). The molecule has 0 saturated carbocycles. The maximum absolute atomic E-state index is 12.4. The third-order valence-electron chi connectivity index (χ3n) is 4.66. The summed E-state index contributed by atoms with van der Waals surface area (Å²) in [6.07, 6.45) is 0.741. The fourth-order valence-corrected chi connectivity index (χ4v) is 4.01. The first-order chi connectivity index (χ1) is 14.4. The molecule has 30 heavy (non-hydrogen) atoms. The van der Waals surface area contributed by atoms with Crippen molar-refractivity contribution in [1.29, 1.82) is 0 Å². The molecule has 0 radical (unpaired) electrons. The molecule has 1 atom stereocenters. The first-order valence-electron chi connectivity index (χ1n) is 9.72. The Hall–Kier alpha value is -2.93. The van der Waals surface area contributed by atoms with Gasteiger partial charge in [-0.15, -0.1) is 0 Å². The Morgan fingerprint density at radius 2 is 1.93 bits per heavy atom. The fourth-order valence-electron chi connectivity index (χ4n) is 2.94. The molecule has 0 fully saturated rings. The van der Waals surface area contributed by atoms with E-state index in [2.05, 4.69) is 10.3 Å². The minimum atomic E-state index is -1.37. The summed E-state index contributed by atoms with van der Waals surface area (Å²) >= 11 is 0. The topological polar surface area (TPSA) is 81.4 Å². The van der Waals surface area contributed by atoms with Crippen LogP contribution in [0.3, 0.4) is 0 Å². The van der Waals surface area contributed by atoms with E-state index in [0.717, 1.165) is 17.5 Å². The predicted molar refractivity (Wildman–Crippen MR) is 118 cm³/mol. The molecule has 1 amide bonds. The number of aryl methyl sites for hydroxylation is 2. The second kappa shape index (κ2) is 10.2. The van der Waals surface area contributed by atoms with E-state index in [1.807, 2.05) is 55.5 Å². The van der Waals surface area contributed by atoms with Crippen molar-refractivity contribution in [2.24, 2.45) is 0 Å². The first kappa shape index (κ1) is 21.8. The SMILES string of the molecule is COc1cccc(-c2nc(C[S@](=O)CC(=O)NCCc3ccc(C)cc3)c(C)o2)c1. The lowest BCUT2D eigenvalue weighted by atomic mass is 10.1. The lowest BCUT2D eigenvalue weighted by Gasteiger charge is -2.05. The third kappa shape index (κ3) is 6.03. The van der Waals surface area contributed by atoms with Crippen LogP contribution >= 0.6 is 0 Å². The highest BCUT2D eigenvalue weighted by Crippen LogP contribution is 2.25. The van der Waals surface area contributed by atoms with Crippen molar-refractivity contribution in [3.8, 4) is 17.2 Å². The molecule has 0 aliphatic rings. The van der Waals surface area contributed by atoms with Crippen molar-refractivity contribution >= 4 is 16.7 Å². The molecule has 1 aromatic heterocycles. The zero-order valence-electron chi connectivity index (χ0n) is 17.4. The second-order valence-corrected chi connectivity index (χ2v) is 8.52. The summed E-state index contributed by atoms with van der Waals surface area (Å²) in [5.74, 6) is 1.63. The van der Waals surface area contributed by atoms with Crippen molar-refractivity contribution in [2.75, 3.05) is 19.4 Å². The minimum absolute atomic E-state index is 0.0608. The number of aromatic nitrogens is 1. The summed E-state index contributed by atoms with van der Waals surface area (Å²) in [5, 5.41) is 2.83. The highest BCUT2D eigenvalue weighted by Gasteiger charge is 2.16. The van der Waals surface area contributed by atoms with E-state index in [0.29, 0.717) is 29.6 Å². The lowest BCUT2D eigenvalue weighted by Crippen LogP contribution is -2.30. The molecule has 0 saturated heterocycles. The molecule has 0 aliphatic carbocycles. The standard InChI is InChI=1S/C23H26N2O4S/c1-16-7-9-18(10-8-16)11-12-24-22(26)15-30(27)14-21-17(2)29-23(25-21)19-5-4-6-20(13-19)28-3/h4-10,13H,11-12,14-15H2,1-3H3,(H,24,26)/t30-/m0/s1. The zero-order valence-corrected chi connectivity index (χ0v) is 18.3. The molecule has 0 bridgehead atoms. The van der Waals surface area contributed by atoms with Gasteiger partial charge in [-0.3, -0.25) is 9.00 Å². The Balaban J connectivity index is 1.51. The fraction of sp³-hybridized carbons (Fsp3) is 0.304.